The fraction of sp³-hybridized carbons (Fsp3) is 0.556. The predicted octanol–water partition coefficient (Wildman–Crippen LogP) is -2.07. The first kappa shape index (κ1) is 12.4. The van der Waals surface area contributed by atoms with Crippen molar-refractivity contribution >= 4 is 11.8 Å². The normalized spacial score (nSPS) is 32.9. The lowest BCUT2D eigenvalue weighted by Gasteiger charge is -2.14. The van der Waals surface area contributed by atoms with Gasteiger partial charge in [-0.15, -0.1) is 11.8 Å². The Morgan fingerprint density at radius 3 is 2.53 bits per heavy atom. The van der Waals surface area contributed by atoms with Crippen molar-refractivity contribution in [2.75, 3.05) is 6.61 Å². The summed E-state index contributed by atoms with van der Waals surface area (Å²) in [6.45, 7) is -0.291. The second-order valence-electron chi connectivity index (χ2n) is 3.79. The predicted molar refractivity (Wildman–Crippen MR) is 60.9 cm³/mol. The number of hydrogen-bond acceptors (Lipinski definition) is 6. The third-order valence-electron chi connectivity index (χ3n) is 2.70. The van der Waals surface area contributed by atoms with Crippen LogP contribution < -0.4 is 11.2 Å². The molecule has 1 saturated heterocycles. The quantitative estimate of drug-likeness (QED) is 0.416. The largest absolute Gasteiger partial charge is 0.395 e. The zero-order valence-electron chi connectivity index (χ0n) is 8.66. The average Bonchev–Trinajstić information content (AvgIpc) is 2.57. The number of nitrogens with one attached hydrogen (secondary N) is 2. The summed E-state index contributed by atoms with van der Waals surface area (Å²) >= 11 is 1.11. The van der Waals surface area contributed by atoms with Gasteiger partial charge < -0.3 is 20.3 Å². The Morgan fingerprint density at radius 2 is 2.00 bits per heavy atom. The Kier molecular flexibility index (Phi) is 3.38. The van der Waals surface area contributed by atoms with Crippen LogP contribution in [0.1, 0.15) is 10.8 Å². The van der Waals surface area contributed by atoms with Crippen LogP contribution >= 0.6 is 11.8 Å². The van der Waals surface area contributed by atoms with Crippen molar-refractivity contribution in [1.82, 2.24) is 9.97 Å². The number of rotatable bonds is 2. The molecule has 0 bridgehead atoms. The number of aliphatic hydroxyl groups excluding tert-OH is 3. The second kappa shape index (κ2) is 4.65. The highest BCUT2D eigenvalue weighted by atomic mass is 32.2. The van der Waals surface area contributed by atoms with Crippen LogP contribution in [0.25, 0.3) is 0 Å². The fourth-order valence-corrected chi connectivity index (χ4v) is 3.22. The van der Waals surface area contributed by atoms with Gasteiger partial charge in [-0.25, -0.2) is 4.79 Å². The van der Waals surface area contributed by atoms with E-state index in [1.165, 1.54) is 6.20 Å². The molecule has 1 aliphatic heterocycles. The fourth-order valence-electron chi connectivity index (χ4n) is 1.79. The van der Waals surface area contributed by atoms with Gasteiger partial charge in [0.25, 0.3) is 5.56 Å². The maximum atomic E-state index is 11.5. The molecule has 17 heavy (non-hydrogen) atoms. The minimum atomic E-state index is -1.15. The van der Waals surface area contributed by atoms with Crippen molar-refractivity contribution in [2.24, 2.45) is 0 Å². The van der Waals surface area contributed by atoms with Crippen molar-refractivity contribution in [3.8, 4) is 0 Å². The van der Waals surface area contributed by atoms with E-state index < -0.39 is 34.0 Å². The number of thioether (sulfide) groups is 1. The molecule has 7 nitrogen and oxygen atoms in total. The summed E-state index contributed by atoms with van der Waals surface area (Å²) in [5.74, 6) is 0. The molecule has 0 amide bonds. The minimum Gasteiger partial charge on any atom is -0.395 e. The number of hydrogen-bond donors (Lipinski definition) is 5. The van der Waals surface area contributed by atoms with E-state index in [1.54, 1.807) is 0 Å². The molecule has 8 heteroatoms. The van der Waals surface area contributed by atoms with Crippen molar-refractivity contribution in [3.63, 3.8) is 0 Å². The van der Waals surface area contributed by atoms with Gasteiger partial charge >= 0.3 is 5.69 Å². The maximum Gasteiger partial charge on any atom is 0.325 e. The smallest absolute Gasteiger partial charge is 0.325 e. The van der Waals surface area contributed by atoms with Crippen LogP contribution in [-0.2, 0) is 0 Å². The van der Waals surface area contributed by atoms with Gasteiger partial charge in [0, 0.05) is 11.8 Å². The third-order valence-corrected chi connectivity index (χ3v) is 4.30. The highest BCUT2D eigenvalue weighted by molar-refractivity contribution is 8.00. The Labute approximate surface area is 99.5 Å². The lowest BCUT2D eigenvalue weighted by molar-refractivity contribution is 0.0196. The van der Waals surface area contributed by atoms with Gasteiger partial charge in [0.15, 0.2) is 0 Å². The lowest BCUT2D eigenvalue weighted by atomic mass is 10.0. The molecule has 1 aromatic heterocycles. The van der Waals surface area contributed by atoms with Crippen LogP contribution in [0.5, 0.6) is 0 Å². The highest BCUT2D eigenvalue weighted by Gasteiger charge is 2.43. The summed E-state index contributed by atoms with van der Waals surface area (Å²) in [6.07, 6.45) is -1.03. The summed E-state index contributed by atoms with van der Waals surface area (Å²) < 4.78 is 0. The van der Waals surface area contributed by atoms with Crippen molar-refractivity contribution < 1.29 is 15.3 Å². The molecule has 0 spiro atoms. The zero-order chi connectivity index (χ0) is 12.6. The Bertz CT molecular complexity index is 513. The molecule has 4 atom stereocenters. The van der Waals surface area contributed by atoms with Crippen molar-refractivity contribution in [3.05, 3.63) is 32.6 Å². The van der Waals surface area contributed by atoms with E-state index in [-0.39, 0.29) is 12.2 Å². The van der Waals surface area contributed by atoms with Gasteiger partial charge in [0.05, 0.1) is 29.3 Å². The summed E-state index contributed by atoms with van der Waals surface area (Å²) in [5, 5.41) is 27.2. The third kappa shape index (κ3) is 2.16. The summed E-state index contributed by atoms with van der Waals surface area (Å²) in [6, 6.07) is 0. The molecule has 0 aromatic carbocycles. The molecular formula is C9H12N2O5S. The molecule has 2 rings (SSSR count). The number of H-pyrrole nitrogens is 2. The van der Waals surface area contributed by atoms with Gasteiger partial charge in [0.1, 0.15) is 0 Å². The standard InChI is InChI=1S/C9H12N2O5S/c12-2-4-5(13)6(14)7(17-4)3-1-10-9(16)11-8(3)15/h1,4-7,12-14H,2H2,(H2,10,11,15,16)/t4-,5?,6+,7+/m1/s1. The molecule has 5 N–H and O–H groups in total. The van der Waals surface area contributed by atoms with Crippen LogP contribution in [0, 0.1) is 0 Å². The Morgan fingerprint density at radius 1 is 1.29 bits per heavy atom. The van der Waals surface area contributed by atoms with Crippen molar-refractivity contribution in [1.29, 1.82) is 0 Å². The van der Waals surface area contributed by atoms with Gasteiger partial charge in [0.2, 0.25) is 0 Å². The molecule has 1 fully saturated rings. The van der Waals surface area contributed by atoms with Crippen LogP contribution in [0.3, 0.4) is 0 Å². The van der Waals surface area contributed by atoms with E-state index >= 15 is 0 Å². The first-order valence-electron chi connectivity index (χ1n) is 4.99. The first-order valence-corrected chi connectivity index (χ1v) is 5.93. The maximum absolute atomic E-state index is 11.5. The lowest BCUT2D eigenvalue weighted by Crippen LogP contribution is -2.33. The molecule has 1 unspecified atom stereocenters. The Balaban J connectivity index is 2.35. The Hall–Kier alpha value is -1.09. The molecule has 0 saturated carbocycles. The molecule has 1 aromatic rings. The van der Waals surface area contributed by atoms with E-state index in [1.807, 2.05) is 4.98 Å². The molecular weight excluding hydrogens is 248 g/mol. The van der Waals surface area contributed by atoms with Crippen LogP contribution in [0.15, 0.2) is 15.8 Å². The summed E-state index contributed by atoms with van der Waals surface area (Å²) in [7, 11) is 0. The van der Waals surface area contributed by atoms with E-state index in [9.17, 15) is 19.8 Å². The highest BCUT2D eigenvalue weighted by Crippen LogP contribution is 2.43. The SMILES string of the molecule is O=c1[nH]cc([C@@H]2S[C@H](CO)C(O)[C@@H]2O)c(=O)[nH]1. The van der Waals surface area contributed by atoms with Crippen LogP contribution in [-0.4, -0.2) is 49.4 Å². The van der Waals surface area contributed by atoms with E-state index in [2.05, 4.69) is 4.98 Å². The second-order valence-corrected chi connectivity index (χ2v) is 5.17. The van der Waals surface area contributed by atoms with Gasteiger partial charge in [-0.1, -0.05) is 0 Å². The molecule has 2 heterocycles. The van der Waals surface area contributed by atoms with Gasteiger partial charge in [-0.2, -0.15) is 0 Å². The van der Waals surface area contributed by atoms with Crippen molar-refractivity contribution in [2.45, 2.75) is 22.7 Å². The van der Waals surface area contributed by atoms with Crippen LogP contribution in [0.2, 0.25) is 0 Å². The summed E-state index contributed by atoms with van der Waals surface area (Å²) in [5.41, 5.74) is -1.05. The van der Waals surface area contributed by atoms with E-state index in [0.717, 1.165) is 11.8 Å². The molecule has 1 aliphatic rings. The van der Waals surface area contributed by atoms with Gasteiger partial charge in [-0.05, 0) is 0 Å². The number of aromatic amines is 2. The monoisotopic (exact) mass is 260 g/mol. The summed E-state index contributed by atoms with van der Waals surface area (Å²) in [4.78, 5) is 26.7. The average molecular weight is 260 g/mol. The molecule has 94 valence electrons. The molecule has 0 radical (unpaired) electrons. The minimum absolute atomic E-state index is 0.178. The van der Waals surface area contributed by atoms with E-state index in [4.69, 9.17) is 5.11 Å². The number of aliphatic hydroxyl groups is 3. The van der Waals surface area contributed by atoms with Crippen LogP contribution in [0.4, 0.5) is 0 Å². The van der Waals surface area contributed by atoms with Gasteiger partial charge in [-0.3, -0.25) is 9.78 Å². The number of aromatic nitrogens is 2. The first-order chi connectivity index (χ1) is 8.04. The topological polar surface area (TPSA) is 126 Å². The van der Waals surface area contributed by atoms with E-state index in [0.29, 0.717) is 0 Å². The zero-order valence-corrected chi connectivity index (χ0v) is 9.48. The molecule has 0 aliphatic carbocycles.